The largest absolute Gasteiger partial charge is 0.302 e. The maximum Gasteiger partial charge on any atom is 0.261 e. The average molecular weight is 649 g/mol. The van der Waals surface area contributed by atoms with Crippen molar-refractivity contribution in [3.05, 3.63) is 202 Å². The van der Waals surface area contributed by atoms with E-state index < -0.39 is 0 Å². The van der Waals surface area contributed by atoms with Crippen molar-refractivity contribution in [2.24, 2.45) is 0 Å². The highest BCUT2D eigenvalue weighted by atomic mass is 16.2. The molecule has 2 amide bonds. The first-order valence-electron chi connectivity index (χ1n) is 17.0. The van der Waals surface area contributed by atoms with Gasteiger partial charge < -0.3 is 9.80 Å². The molecular weight excluding hydrogens is 613 g/mol. The van der Waals surface area contributed by atoms with Gasteiger partial charge in [-0.05, 0) is 58.4 Å². The Kier molecular flexibility index (Phi) is 8.06. The third kappa shape index (κ3) is 5.75. The second-order valence-electron chi connectivity index (χ2n) is 13.1. The van der Waals surface area contributed by atoms with Crippen molar-refractivity contribution in [1.29, 1.82) is 0 Å². The first kappa shape index (κ1) is 31.0. The minimum Gasteiger partial charge on any atom is -0.302 e. The topological polar surface area (TPSA) is 40.6 Å². The van der Waals surface area contributed by atoms with Crippen LogP contribution in [0.1, 0.15) is 33.4 Å². The van der Waals surface area contributed by atoms with Crippen molar-refractivity contribution in [3.8, 4) is 22.3 Å². The Bertz CT molecular complexity index is 2130. The molecule has 0 atom stereocenters. The van der Waals surface area contributed by atoms with Crippen molar-refractivity contribution < 1.29 is 9.59 Å². The lowest BCUT2D eigenvalue weighted by molar-refractivity contribution is -0.124. The fraction of sp³-hybridized carbons (Fsp3) is 0.0870. The van der Waals surface area contributed by atoms with Crippen LogP contribution < -0.4 is 0 Å². The van der Waals surface area contributed by atoms with Gasteiger partial charge in [0, 0.05) is 0 Å². The van der Waals surface area contributed by atoms with E-state index in [1.807, 2.05) is 84.9 Å². The summed E-state index contributed by atoms with van der Waals surface area (Å²) < 4.78 is 0. The molecule has 0 saturated heterocycles. The molecule has 6 aromatic carbocycles. The quantitative estimate of drug-likeness (QED) is 0.165. The standard InChI is InChI=1S/C46H36N2O2/c1-31-11-9-13-33(27-31)29-47-43(39-23-19-37(20-24-39)35-15-5-3-6-16-35)41-42(45(47)49)44(48(46(41)50)30-34-14-10-12-32(2)28-34)40-25-21-38(22-26-40)36-17-7-4-8-18-36/h3-28H,29-30H2,1-2H3. The van der Waals surface area contributed by atoms with Crippen LogP contribution in [-0.4, -0.2) is 21.6 Å². The van der Waals surface area contributed by atoms with Crippen LogP contribution in [0.15, 0.2) is 169 Å². The van der Waals surface area contributed by atoms with Gasteiger partial charge >= 0.3 is 0 Å². The van der Waals surface area contributed by atoms with E-state index in [1.54, 1.807) is 9.80 Å². The van der Waals surface area contributed by atoms with E-state index in [-0.39, 0.29) is 11.8 Å². The van der Waals surface area contributed by atoms with Gasteiger partial charge in [0.15, 0.2) is 0 Å². The van der Waals surface area contributed by atoms with Crippen molar-refractivity contribution >= 4 is 23.2 Å². The average Bonchev–Trinajstić information content (AvgIpc) is 3.58. The zero-order valence-electron chi connectivity index (χ0n) is 28.1. The number of rotatable bonds is 8. The van der Waals surface area contributed by atoms with E-state index >= 15 is 0 Å². The van der Waals surface area contributed by atoms with Crippen molar-refractivity contribution in [1.82, 2.24) is 9.80 Å². The molecule has 0 radical (unpaired) electrons. The van der Waals surface area contributed by atoms with Crippen LogP contribution >= 0.6 is 0 Å². The molecule has 50 heavy (non-hydrogen) atoms. The van der Waals surface area contributed by atoms with E-state index in [2.05, 4.69) is 86.6 Å². The molecule has 0 spiro atoms. The highest BCUT2D eigenvalue weighted by molar-refractivity contribution is 6.30. The maximum absolute atomic E-state index is 14.9. The van der Waals surface area contributed by atoms with E-state index in [9.17, 15) is 9.59 Å². The molecule has 0 aromatic heterocycles. The molecule has 4 nitrogen and oxygen atoms in total. The lowest BCUT2D eigenvalue weighted by atomic mass is 9.98. The molecule has 0 unspecified atom stereocenters. The molecule has 2 heterocycles. The van der Waals surface area contributed by atoms with Crippen molar-refractivity contribution in [3.63, 3.8) is 0 Å². The van der Waals surface area contributed by atoms with Gasteiger partial charge in [-0.1, -0.05) is 169 Å². The van der Waals surface area contributed by atoms with Gasteiger partial charge in [-0.2, -0.15) is 0 Å². The predicted octanol–water partition coefficient (Wildman–Crippen LogP) is 9.84. The maximum atomic E-state index is 14.9. The van der Waals surface area contributed by atoms with Crippen LogP contribution in [0.4, 0.5) is 0 Å². The number of hydrogen-bond acceptors (Lipinski definition) is 2. The summed E-state index contributed by atoms with van der Waals surface area (Å²) in [4.78, 5) is 33.3. The molecular formula is C46H36N2O2. The molecule has 2 aliphatic heterocycles. The Hall–Kier alpha value is -6.26. The summed E-state index contributed by atoms with van der Waals surface area (Å²) in [5, 5.41) is 0. The number of amides is 2. The smallest absolute Gasteiger partial charge is 0.261 e. The van der Waals surface area contributed by atoms with Crippen LogP contribution in [0.25, 0.3) is 33.6 Å². The van der Waals surface area contributed by atoms with E-state index in [1.165, 1.54) is 0 Å². The van der Waals surface area contributed by atoms with E-state index in [4.69, 9.17) is 0 Å². The highest BCUT2D eigenvalue weighted by Crippen LogP contribution is 2.48. The molecule has 0 aliphatic carbocycles. The predicted molar refractivity (Wildman–Crippen MR) is 201 cm³/mol. The summed E-state index contributed by atoms with van der Waals surface area (Å²) in [6.07, 6.45) is 0. The van der Waals surface area contributed by atoms with Gasteiger partial charge in [0.1, 0.15) is 0 Å². The second kappa shape index (κ2) is 13.0. The molecule has 0 N–H and O–H groups in total. The van der Waals surface area contributed by atoms with Gasteiger partial charge in [0.2, 0.25) is 0 Å². The Labute approximate surface area is 293 Å². The summed E-state index contributed by atoms with van der Waals surface area (Å²) >= 11 is 0. The lowest BCUT2D eigenvalue weighted by Crippen LogP contribution is -2.29. The van der Waals surface area contributed by atoms with Crippen LogP contribution in [0.2, 0.25) is 0 Å². The SMILES string of the molecule is Cc1cccc(CN2C(=O)C3=C(c4ccc(-c5ccccc5)cc4)N(Cc4cccc(C)c4)C(=O)C3=C2c2ccc(-c3ccccc3)cc2)c1. The summed E-state index contributed by atoms with van der Waals surface area (Å²) in [5.74, 6) is -0.322. The number of carbonyl (C=O) groups is 2. The number of carbonyl (C=O) groups excluding carboxylic acids is 2. The first-order valence-corrected chi connectivity index (χ1v) is 17.0. The fourth-order valence-electron chi connectivity index (χ4n) is 7.19. The summed E-state index contributed by atoms with van der Waals surface area (Å²) in [6, 6.07) is 53.3. The first-order chi connectivity index (χ1) is 24.4. The van der Waals surface area contributed by atoms with Crippen LogP contribution in [-0.2, 0) is 22.7 Å². The van der Waals surface area contributed by atoms with E-state index in [0.717, 1.165) is 55.6 Å². The van der Waals surface area contributed by atoms with Gasteiger partial charge in [0.05, 0.1) is 35.6 Å². The summed E-state index contributed by atoms with van der Waals surface area (Å²) in [7, 11) is 0. The Morgan fingerprint density at radius 3 is 1.08 bits per heavy atom. The number of hydrogen-bond donors (Lipinski definition) is 0. The van der Waals surface area contributed by atoms with Crippen molar-refractivity contribution in [2.45, 2.75) is 26.9 Å². The van der Waals surface area contributed by atoms with Gasteiger partial charge in [-0.25, -0.2) is 0 Å². The molecule has 0 fully saturated rings. The Morgan fingerprint density at radius 1 is 0.380 bits per heavy atom. The number of aryl methyl sites for hydroxylation is 2. The molecule has 8 rings (SSSR count). The van der Waals surface area contributed by atoms with E-state index in [0.29, 0.717) is 35.6 Å². The zero-order valence-corrected chi connectivity index (χ0v) is 28.1. The summed E-state index contributed by atoms with van der Waals surface area (Å²) in [6.45, 7) is 4.82. The van der Waals surface area contributed by atoms with Gasteiger partial charge in [0.25, 0.3) is 11.8 Å². The lowest BCUT2D eigenvalue weighted by Gasteiger charge is -2.26. The molecule has 0 saturated carbocycles. The van der Waals surface area contributed by atoms with Crippen LogP contribution in [0.5, 0.6) is 0 Å². The van der Waals surface area contributed by atoms with Crippen molar-refractivity contribution in [2.75, 3.05) is 0 Å². The molecule has 2 aliphatic rings. The third-order valence-corrected chi connectivity index (χ3v) is 9.56. The Balaban J connectivity index is 1.30. The minimum absolute atomic E-state index is 0.161. The van der Waals surface area contributed by atoms with Crippen LogP contribution in [0.3, 0.4) is 0 Å². The molecule has 4 heteroatoms. The third-order valence-electron chi connectivity index (χ3n) is 9.56. The number of benzene rings is 6. The Morgan fingerprint density at radius 2 is 0.720 bits per heavy atom. The van der Waals surface area contributed by atoms with Gasteiger partial charge in [-0.3, -0.25) is 9.59 Å². The van der Waals surface area contributed by atoms with Gasteiger partial charge in [-0.15, -0.1) is 0 Å². The minimum atomic E-state index is -0.161. The zero-order chi connectivity index (χ0) is 34.2. The highest BCUT2D eigenvalue weighted by Gasteiger charge is 2.48. The fourth-order valence-corrected chi connectivity index (χ4v) is 7.19. The molecule has 6 aromatic rings. The number of nitrogens with zero attached hydrogens (tertiary/aromatic N) is 2. The van der Waals surface area contributed by atoms with Crippen LogP contribution in [0, 0.1) is 13.8 Å². The summed E-state index contributed by atoms with van der Waals surface area (Å²) in [5.41, 5.74) is 12.5. The normalized spacial score (nSPS) is 14.2. The number of fused-ring (bicyclic) bond motifs is 1. The molecule has 242 valence electrons. The second-order valence-corrected chi connectivity index (χ2v) is 13.1. The monoisotopic (exact) mass is 648 g/mol. The molecule has 0 bridgehead atoms.